The Morgan fingerprint density at radius 1 is 1.24 bits per heavy atom. The van der Waals surface area contributed by atoms with Crippen molar-refractivity contribution in [1.82, 2.24) is 0 Å². The van der Waals surface area contributed by atoms with Crippen molar-refractivity contribution in [1.29, 1.82) is 0 Å². The van der Waals surface area contributed by atoms with Gasteiger partial charge < -0.3 is 15.2 Å². The minimum absolute atomic E-state index is 0.494. The van der Waals surface area contributed by atoms with Crippen LogP contribution in [0.25, 0.3) is 11.1 Å². The van der Waals surface area contributed by atoms with Crippen LogP contribution in [0.15, 0.2) is 36.4 Å². The standard InChI is InChI=1S/C18H21NO2/c1-2-8-20-17-6-4-3-5-16(17)14-10-13-7-9-21-18(13)15(11-14)12-19/h3-6,10-11H,2,7-9,12,19H2,1H3. The summed E-state index contributed by atoms with van der Waals surface area (Å²) < 4.78 is 11.6. The van der Waals surface area contributed by atoms with E-state index in [4.69, 9.17) is 15.2 Å². The molecule has 0 fully saturated rings. The molecule has 0 aliphatic carbocycles. The summed E-state index contributed by atoms with van der Waals surface area (Å²) in [5.74, 6) is 1.91. The highest BCUT2D eigenvalue weighted by Gasteiger charge is 2.18. The van der Waals surface area contributed by atoms with Crippen LogP contribution >= 0.6 is 0 Å². The lowest BCUT2D eigenvalue weighted by molar-refractivity contribution is 0.318. The second-order valence-corrected chi connectivity index (χ2v) is 5.27. The number of hydrogen-bond acceptors (Lipinski definition) is 3. The Bertz CT molecular complexity index is 637. The summed E-state index contributed by atoms with van der Waals surface area (Å²) in [6.07, 6.45) is 1.95. The average Bonchev–Trinajstić information content (AvgIpc) is 3.00. The molecule has 3 rings (SSSR count). The van der Waals surface area contributed by atoms with E-state index >= 15 is 0 Å². The van der Waals surface area contributed by atoms with Crippen molar-refractivity contribution in [2.24, 2.45) is 5.73 Å². The third-order valence-corrected chi connectivity index (χ3v) is 3.74. The van der Waals surface area contributed by atoms with E-state index in [0.29, 0.717) is 6.54 Å². The van der Waals surface area contributed by atoms with E-state index < -0.39 is 0 Å². The SMILES string of the molecule is CCCOc1ccccc1-c1cc(CN)c2c(c1)CCO2. The van der Waals surface area contributed by atoms with Gasteiger partial charge in [0.05, 0.1) is 13.2 Å². The largest absolute Gasteiger partial charge is 0.493 e. The van der Waals surface area contributed by atoms with Gasteiger partial charge in [-0.2, -0.15) is 0 Å². The fraction of sp³-hybridized carbons (Fsp3) is 0.333. The first kappa shape index (κ1) is 14.0. The number of nitrogens with two attached hydrogens (primary N) is 1. The Morgan fingerprint density at radius 3 is 2.90 bits per heavy atom. The molecule has 110 valence electrons. The van der Waals surface area contributed by atoms with Crippen LogP contribution in [0.5, 0.6) is 11.5 Å². The highest BCUT2D eigenvalue weighted by atomic mass is 16.5. The van der Waals surface area contributed by atoms with E-state index in [1.165, 1.54) is 5.56 Å². The van der Waals surface area contributed by atoms with Gasteiger partial charge in [0.1, 0.15) is 11.5 Å². The van der Waals surface area contributed by atoms with Gasteiger partial charge in [0.15, 0.2) is 0 Å². The smallest absolute Gasteiger partial charge is 0.127 e. The van der Waals surface area contributed by atoms with E-state index in [1.807, 2.05) is 18.2 Å². The summed E-state index contributed by atoms with van der Waals surface area (Å²) in [5.41, 5.74) is 10.5. The van der Waals surface area contributed by atoms with Gasteiger partial charge in [-0.25, -0.2) is 0 Å². The molecule has 0 spiro atoms. The average molecular weight is 283 g/mol. The first-order valence-electron chi connectivity index (χ1n) is 7.54. The molecule has 1 aliphatic heterocycles. The molecule has 3 nitrogen and oxygen atoms in total. The number of ether oxygens (including phenoxy) is 2. The summed E-state index contributed by atoms with van der Waals surface area (Å²) in [5, 5.41) is 0. The maximum absolute atomic E-state index is 5.88. The summed E-state index contributed by atoms with van der Waals surface area (Å²) in [4.78, 5) is 0. The molecule has 2 aromatic rings. The van der Waals surface area contributed by atoms with E-state index in [9.17, 15) is 0 Å². The lowest BCUT2D eigenvalue weighted by Gasteiger charge is -2.14. The maximum atomic E-state index is 5.88. The van der Waals surface area contributed by atoms with Gasteiger partial charge >= 0.3 is 0 Å². The summed E-state index contributed by atoms with van der Waals surface area (Å²) in [6.45, 7) is 4.09. The normalized spacial score (nSPS) is 12.9. The molecule has 0 radical (unpaired) electrons. The second kappa shape index (κ2) is 6.19. The van der Waals surface area contributed by atoms with Gasteiger partial charge in [-0.15, -0.1) is 0 Å². The third-order valence-electron chi connectivity index (χ3n) is 3.74. The van der Waals surface area contributed by atoms with Gasteiger partial charge in [0.2, 0.25) is 0 Å². The molecule has 3 heteroatoms. The van der Waals surface area contributed by atoms with Crippen molar-refractivity contribution in [2.75, 3.05) is 13.2 Å². The minimum atomic E-state index is 0.494. The molecular formula is C18H21NO2. The van der Waals surface area contributed by atoms with Crippen molar-refractivity contribution < 1.29 is 9.47 Å². The van der Waals surface area contributed by atoms with Gasteiger partial charge in [-0.05, 0) is 35.7 Å². The zero-order chi connectivity index (χ0) is 14.7. The fourth-order valence-electron chi connectivity index (χ4n) is 2.74. The van der Waals surface area contributed by atoms with Crippen LogP contribution in [0, 0.1) is 0 Å². The highest BCUT2D eigenvalue weighted by molar-refractivity contribution is 5.73. The first-order valence-corrected chi connectivity index (χ1v) is 7.54. The lowest BCUT2D eigenvalue weighted by Crippen LogP contribution is -2.01. The molecule has 0 bridgehead atoms. The number of fused-ring (bicyclic) bond motifs is 1. The molecule has 0 unspecified atom stereocenters. The molecule has 0 atom stereocenters. The quantitative estimate of drug-likeness (QED) is 0.913. The van der Waals surface area contributed by atoms with Crippen molar-refractivity contribution in [2.45, 2.75) is 26.3 Å². The zero-order valence-electron chi connectivity index (χ0n) is 12.4. The van der Waals surface area contributed by atoms with Crippen LogP contribution in [0.1, 0.15) is 24.5 Å². The Morgan fingerprint density at radius 2 is 2.10 bits per heavy atom. The van der Waals surface area contributed by atoms with E-state index in [0.717, 1.165) is 54.2 Å². The van der Waals surface area contributed by atoms with Crippen LogP contribution in [0.4, 0.5) is 0 Å². The van der Waals surface area contributed by atoms with E-state index in [2.05, 4.69) is 25.1 Å². The minimum Gasteiger partial charge on any atom is -0.493 e. The van der Waals surface area contributed by atoms with Crippen LogP contribution < -0.4 is 15.2 Å². The number of hydrogen-bond donors (Lipinski definition) is 1. The fourth-order valence-corrected chi connectivity index (χ4v) is 2.74. The Hall–Kier alpha value is -2.00. The van der Waals surface area contributed by atoms with Crippen molar-refractivity contribution in [3.05, 3.63) is 47.5 Å². The summed E-state index contributed by atoms with van der Waals surface area (Å²) >= 11 is 0. The highest BCUT2D eigenvalue weighted by Crippen LogP contribution is 2.37. The van der Waals surface area contributed by atoms with Crippen LogP contribution in [0.2, 0.25) is 0 Å². The predicted molar refractivity (Wildman–Crippen MR) is 84.8 cm³/mol. The van der Waals surface area contributed by atoms with E-state index in [-0.39, 0.29) is 0 Å². The predicted octanol–water partition coefficient (Wildman–Crippen LogP) is 3.54. The molecule has 0 amide bonds. The summed E-state index contributed by atoms with van der Waals surface area (Å²) in [6, 6.07) is 12.5. The maximum Gasteiger partial charge on any atom is 0.127 e. The second-order valence-electron chi connectivity index (χ2n) is 5.27. The van der Waals surface area contributed by atoms with Gasteiger partial charge in [0.25, 0.3) is 0 Å². The lowest BCUT2D eigenvalue weighted by atomic mass is 9.97. The molecule has 1 aliphatic rings. The third kappa shape index (κ3) is 2.74. The van der Waals surface area contributed by atoms with Crippen LogP contribution in [-0.4, -0.2) is 13.2 Å². The molecular weight excluding hydrogens is 262 g/mol. The van der Waals surface area contributed by atoms with Gasteiger partial charge in [-0.1, -0.05) is 25.1 Å². The molecule has 21 heavy (non-hydrogen) atoms. The molecule has 1 heterocycles. The Balaban J connectivity index is 2.05. The van der Waals surface area contributed by atoms with Crippen LogP contribution in [-0.2, 0) is 13.0 Å². The molecule has 2 N–H and O–H groups in total. The monoisotopic (exact) mass is 283 g/mol. The molecule has 0 saturated heterocycles. The molecule has 0 saturated carbocycles. The molecule has 0 aromatic heterocycles. The van der Waals surface area contributed by atoms with Crippen molar-refractivity contribution >= 4 is 0 Å². The topological polar surface area (TPSA) is 44.5 Å². The number of para-hydroxylation sites is 1. The van der Waals surface area contributed by atoms with Crippen LogP contribution in [0.3, 0.4) is 0 Å². The summed E-state index contributed by atoms with van der Waals surface area (Å²) in [7, 11) is 0. The van der Waals surface area contributed by atoms with Crippen molar-refractivity contribution in [3.63, 3.8) is 0 Å². The molecule has 2 aromatic carbocycles. The number of benzene rings is 2. The Labute approximate surface area is 125 Å². The first-order chi connectivity index (χ1) is 10.3. The van der Waals surface area contributed by atoms with Gasteiger partial charge in [0, 0.05) is 24.1 Å². The van der Waals surface area contributed by atoms with Gasteiger partial charge in [-0.3, -0.25) is 0 Å². The van der Waals surface area contributed by atoms with Crippen molar-refractivity contribution in [3.8, 4) is 22.6 Å². The number of rotatable bonds is 5. The zero-order valence-corrected chi connectivity index (χ0v) is 12.4. The van der Waals surface area contributed by atoms with E-state index in [1.54, 1.807) is 0 Å². The Kier molecular flexibility index (Phi) is 4.11.